The number of hydrogen-bond donors (Lipinski definition) is 1. The summed E-state index contributed by atoms with van der Waals surface area (Å²) in [6, 6.07) is 15.5. The second-order valence-corrected chi connectivity index (χ2v) is 8.55. The van der Waals surface area contributed by atoms with Crippen LogP contribution in [0.25, 0.3) is 0 Å². The first kappa shape index (κ1) is 26.7. The van der Waals surface area contributed by atoms with Crippen LogP contribution in [0.2, 0.25) is 5.02 Å². The summed E-state index contributed by atoms with van der Waals surface area (Å²) < 4.78 is 35.0. The van der Waals surface area contributed by atoms with E-state index in [1.54, 1.807) is 13.0 Å². The van der Waals surface area contributed by atoms with Gasteiger partial charge >= 0.3 is 8.69 Å². The van der Waals surface area contributed by atoms with Crippen LogP contribution in [0.5, 0.6) is 5.75 Å². The summed E-state index contributed by atoms with van der Waals surface area (Å²) >= 11 is 6.38. The molecule has 0 radical (unpaired) electrons. The fourth-order valence-corrected chi connectivity index (χ4v) is 4.29. The average molecular weight is 482 g/mol. The lowest BCUT2D eigenvalue weighted by Crippen LogP contribution is -2.55. The predicted molar refractivity (Wildman–Crippen MR) is 127 cm³/mol. The lowest BCUT2D eigenvalue weighted by atomic mass is 9.82. The Labute approximate surface area is 197 Å². The molecule has 0 saturated carbocycles. The van der Waals surface area contributed by atoms with Gasteiger partial charge in [0.25, 0.3) is 0 Å². The van der Waals surface area contributed by atoms with Gasteiger partial charge in [-0.15, -0.1) is 0 Å². The molecule has 8 heteroatoms. The Hall–Kier alpha value is -1.53. The molecule has 0 saturated heterocycles. The lowest BCUT2D eigenvalue weighted by molar-refractivity contribution is -0.297. The summed E-state index contributed by atoms with van der Waals surface area (Å²) in [5.41, 5.74) is 7.11. The van der Waals surface area contributed by atoms with Gasteiger partial charge in [0, 0.05) is 13.2 Å². The predicted octanol–water partition coefficient (Wildman–Crippen LogP) is 6.12. The van der Waals surface area contributed by atoms with Gasteiger partial charge in [-0.25, -0.2) is 4.57 Å². The zero-order chi connectivity index (χ0) is 23.6. The fourth-order valence-electron chi connectivity index (χ4n) is 3.71. The first-order chi connectivity index (χ1) is 15.3. The van der Waals surface area contributed by atoms with E-state index < -0.39 is 20.1 Å². The molecule has 0 amide bonds. The molecule has 0 spiro atoms. The molecule has 2 atom stereocenters. The van der Waals surface area contributed by atoms with Crippen molar-refractivity contribution in [3.8, 4) is 5.75 Å². The first-order valence-corrected chi connectivity index (χ1v) is 11.9. The molecule has 176 valence electrons. The van der Waals surface area contributed by atoms with Crippen molar-refractivity contribution in [3.63, 3.8) is 0 Å². The fraction of sp³-hybridized carbons (Fsp3) is 0.500. The van der Waals surface area contributed by atoms with Crippen LogP contribution < -0.4 is 10.5 Å². The SMILES string of the molecule is CCOC(C)(OCC)C(C)(CC(CN)c1ccc(Cl)c(OCc2ccccc2)c1)OP=O. The standard InChI is InChI=1S/C24H33ClNO5P/c1-5-29-24(4,30-6-2)23(3,31-32-27)15-20(16-26)19-12-13-21(25)22(14-19)28-17-18-10-8-7-9-11-18/h7-14,20H,5-6,15-17,26H2,1-4H3. The van der Waals surface area contributed by atoms with E-state index in [4.69, 9.17) is 36.1 Å². The first-order valence-electron chi connectivity index (χ1n) is 10.8. The van der Waals surface area contributed by atoms with Crippen molar-refractivity contribution in [3.05, 3.63) is 64.7 Å². The highest BCUT2D eigenvalue weighted by molar-refractivity contribution is 7.17. The Kier molecular flexibility index (Phi) is 10.6. The average Bonchev–Trinajstić information content (AvgIpc) is 2.78. The van der Waals surface area contributed by atoms with Crippen molar-refractivity contribution in [2.45, 2.75) is 58.0 Å². The zero-order valence-corrected chi connectivity index (χ0v) is 20.8. The van der Waals surface area contributed by atoms with Crippen LogP contribution in [0, 0.1) is 0 Å². The molecule has 0 aliphatic carbocycles. The van der Waals surface area contributed by atoms with Crippen molar-refractivity contribution in [2.24, 2.45) is 5.73 Å². The van der Waals surface area contributed by atoms with Crippen LogP contribution in [-0.2, 0) is 25.2 Å². The number of benzene rings is 2. The topological polar surface area (TPSA) is 80.0 Å². The third kappa shape index (κ3) is 6.74. The summed E-state index contributed by atoms with van der Waals surface area (Å²) in [7, 11) is -0.459. The molecule has 0 bridgehead atoms. The molecule has 0 aliphatic rings. The summed E-state index contributed by atoms with van der Waals surface area (Å²) in [4.78, 5) is 0. The number of hydrogen-bond acceptors (Lipinski definition) is 6. The number of rotatable bonds is 14. The Balaban J connectivity index is 2.29. The summed E-state index contributed by atoms with van der Waals surface area (Å²) in [6.07, 6.45) is 0.412. The van der Waals surface area contributed by atoms with Crippen LogP contribution in [0.1, 0.15) is 51.2 Å². The van der Waals surface area contributed by atoms with Gasteiger partial charge in [-0.2, -0.15) is 0 Å². The van der Waals surface area contributed by atoms with E-state index in [0.717, 1.165) is 11.1 Å². The van der Waals surface area contributed by atoms with E-state index in [9.17, 15) is 4.57 Å². The van der Waals surface area contributed by atoms with Crippen molar-refractivity contribution in [2.75, 3.05) is 19.8 Å². The van der Waals surface area contributed by atoms with Crippen molar-refractivity contribution < 1.29 is 23.3 Å². The minimum atomic E-state index is -1.11. The molecular formula is C24H33ClNO5P. The van der Waals surface area contributed by atoms with Crippen LogP contribution in [0.4, 0.5) is 0 Å². The van der Waals surface area contributed by atoms with E-state index in [1.807, 2.05) is 63.2 Å². The van der Waals surface area contributed by atoms with Crippen LogP contribution in [-0.4, -0.2) is 31.1 Å². The van der Waals surface area contributed by atoms with Crippen molar-refractivity contribution >= 4 is 20.3 Å². The highest BCUT2D eigenvalue weighted by atomic mass is 35.5. The summed E-state index contributed by atoms with van der Waals surface area (Å²) in [5, 5.41) is 0.519. The normalized spacial score (nSPS) is 14.8. The molecule has 2 rings (SSSR count). The largest absolute Gasteiger partial charge is 0.487 e. The molecule has 0 fully saturated rings. The summed E-state index contributed by atoms with van der Waals surface area (Å²) in [6.45, 7) is 8.95. The van der Waals surface area contributed by atoms with E-state index in [1.165, 1.54) is 0 Å². The van der Waals surface area contributed by atoms with Gasteiger partial charge in [0.05, 0.1) is 5.02 Å². The van der Waals surface area contributed by atoms with Gasteiger partial charge < -0.3 is 19.9 Å². The Morgan fingerprint density at radius 2 is 1.72 bits per heavy atom. The molecule has 2 N–H and O–H groups in total. The van der Waals surface area contributed by atoms with Crippen molar-refractivity contribution in [1.82, 2.24) is 0 Å². The monoisotopic (exact) mass is 481 g/mol. The van der Waals surface area contributed by atoms with Gasteiger partial charge in [-0.1, -0.05) is 48.0 Å². The molecule has 2 aromatic carbocycles. The van der Waals surface area contributed by atoms with Gasteiger partial charge in [0.15, 0.2) is 5.79 Å². The smallest absolute Gasteiger partial charge is 0.328 e. The maximum atomic E-state index is 11.5. The molecule has 32 heavy (non-hydrogen) atoms. The van der Waals surface area contributed by atoms with Crippen LogP contribution in [0.15, 0.2) is 48.5 Å². The van der Waals surface area contributed by atoms with E-state index in [0.29, 0.717) is 43.6 Å². The second kappa shape index (κ2) is 12.6. The second-order valence-electron chi connectivity index (χ2n) is 7.81. The third-order valence-corrected chi connectivity index (χ3v) is 6.41. The third-order valence-electron chi connectivity index (χ3n) is 5.62. The van der Waals surface area contributed by atoms with Crippen LogP contribution >= 0.6 is 20.3 Å². The number of nitrogens with two attached hydrogens (primary N) is 1. The van der Waals surface area contributed by atoms with Gasteiger partial charge in [0.2, 0.25) is 0 Å². The van der Waals surface area contributed by atoms with E-state index >= 15 is 0 Å². The molecule has 0 heterocycles. The summed E-state index contributed by atoms with van der Waals surface area (Å²) in [5.74, 6) is -0.674. The number of ether oxygens (including phenoxy) is 3. The highest BCUT2D eigenvalue weighted by Gasteiger charge is 2.50. The van der Waals surface area contributed by atoms with Crippen LogP contribution in [0.3, 0.4) is 0 Å². The van der Waals surface area contributed by atoms with Gasteiger partial charge in [-0.3, -0.25) is 4.52 Å². The molecule has 2 aromatic rings. The number of halogens is 1. The minimum Gasteiger partial charge on any atom is -0.487 e. The maximum absolute atomic E-state index is 11.5. The maximum Gasteiger partial charge on any atom is 0.328 e. The van der Waals surface area contributed by atoms with Crippen molar-refractivity contribution in [1.29, 1.82) is 0 Å². The lowest BCUT2D eigenvalue weighted by Gasteiger charge is -2.44. The highest BCUT2D eigenvalue weighted by Crippen LogP contribution is 2.42. The van der Waals surface area contributed by atoms with Gasteiger partial charge in [-0.05, 0) is 69.8 Å². The minimum absolute atomic E-state index is 0.140. The Morgan fingerprint density at radius 1 is 1.06 bits per heavy atom. The van der Waals surface area contributed by atoms with E-state index in [2.05, 4.69) is 0 Å². The van der Waals surface area contributed by atoms with E-state index in [-0.39, 0.29) is 5.92 Å². The molecule has 6 nitrogen and oxygen atoms in total. The zero-order valence-electron chi connectivity index (χ0n) is 19.2. The molecule has 0 aromatic heterocycles. The quantitative estimate of drug-likeness (QED) is 0.258. The Morgan fingerprint density at radius 3 is 2.28 bits per heavy atom. The molecule has 2 unspecified atom stereocenters. The molecule has 0 aliphatic heterocycles. The Bertz CT molecular complexity index is 848. The van der Waals surface area contributed by atoms with Gasteiger partial charge in [0.1, 0.15) is 18.0 Å². The molecular weight excluding hydrogens is 449 g/mol.